The van der Waals surface area contributed by atoms with Crippen molar-refractivity contribution in [1.82, 2.24) is 15.5 Å². The van der Waals surface area contributed by atoms with Crippen LogP contribution in [0.2, 0.25) is 0 Å². The predicted octanol–water partition coefficient (Wildman–Crippen LogP) is 0.474. The van der Waals surface area contributed by atoms with Crippen molar-refractivity contribution in [2.75, 3.05) is 26.7 Å². The van der Waals surface area contributed by atoms with E-state index in [0.29, 0.717) is 34.7 Å². The number of amides is 3. The van der Waals surface area contributed by atoms with E-state index >= 15 is 0 Å². The zero-order valence-electron chi connectivity index (χ0n) is 14.4. The molecule has 0 aromatic heterocycles. The summed E-state index contributed by atoms with van der Waals surface area (Å²) in [5.41, 5.74) is 1.87. The Morgan fingerprint density at radius 2 is 2.28 bits per heavy atom. The Bertz CT molecular complexity index is 725. The van der Waals surface area contributed by atoms with Crippen LogP contribution in [0.5, 0.6) is 5.75 Å². The normalized spacial score (nSPS) is 15.2. The number of benzene rings is 1. The van der Waals surface area contributed by atoms with Crippen molar-refractivity contribution in [3.05, 3.63) is 28.7 Å². The number of nitrogens with one attached hydrogen (secondary N) is 2. The lowest BCUT2D eigenvalue weighted by Crippen LogP contribution is -2.39. The highest BCUT2D eigenvalue weighted by Gasteiger charge is 2.22. The van der Waals surface area contributed by atoms with E-state index in [9.17, 15) is 9.59 Å². The molecule has 0 radical (unpaired) electrons. The number of urea groups is 1. The van der Waals surface area contributed by atoms with Gasteiger partial charge in [-0.25, -0.2) is 4.79 Å². The van der Waals surface area contributed by atoms with Crippen LogP contribution in [0.1, 0.15) is 12.5 Å². The van der Waals surface area contributed by atoms with Crippen molar-refractivity contribution in [3.8, 4) is 5.75 Å². The van der Waals surface area contributed by atoms with E-state index in [-0.39, 0.29) is 11.9 Å². The van der Waals surface area contributed by atoms with Crippen LogP contribution in [-0.4, -0.2) is 55.7 Å². The fourth-order valence-corrected chi connectivity index (χ4v) is 3.19. The Hall–Kier alpha value is -2.00. The molecule has 0 unspecified atom stereocenters. The summed E-state index contributed by atoms with van der Waals surface area (Å²) in [6.45, 7) is 3.26. The number of likely N-dealkylation sites (N-methyl/N-ethyl adjacent to an activating group) is 1. The van der Waals surface area contributed by atoms with E-state index in [4.69, 9.17) is 17.0 Å². The van der Waals surface area contributed by atoms with Gasteiger partial charge in [0.15, 0.2) is 0 Å². The highest BCUT2D eigenvalue weighted by atomic mass is 32.2. The van der Waals surface area contributed by atoms with Crippen LogP contribution in [0.15, 0.2) is 23.1 Å². The van der Waals surface area contributed by atoms with E-state index < -0.39 is 0 Å². The van der Waals surface area contributed by atoms with Crippen LogP contribution in [0.25, 0.3) is 6.08 Å². The first-order valence-electron chi connectivity index (χ1n) is 7.88. The van der Waals surface area contributed by atoms with Gasteiger partial charge in [-0.1, -0.05) is 41.6 Å². The molecule has 1 fully saturated rings. The van der Waals surface area contributed by atoms with E-state index in [0.717, 1.165) is 11.0 Å². The monoisotopic (exact) mass is 377 g/mol. The molecule has 6 nitrogen and oxygen atoms in total. The molecule has 9 heteroatoms. The second kappa shape index (κ2) is 8.91. The van der Waals surface area contributed by atoms with Gasteiger partial charge in [-0.3, -0.25) is 4.79 Å². The number of thioether (sulfide) groups is 1. The standard InChI is InChI=1S/C16H20BN3O3S2/c1-3-18-15(22)20(2)6-7-23-12-5-4-11(17)8-10(12)9-13-14(21)19-16(24)25-13/h4-5,8-9H,3,6-7,17H2,1-2H3,(H,18,22)(H,19,21,24)/b13-9-. The van der Waals surface area contributed by atoms with Crippen molar-refractivity contribution in [3.63, 3.8) is 0 Å². The van der Waals surface area contributed by atoms with Crippen LogP contribution in [0, 0.1) is 0 Å². The van der Waals surface area contributed by atoms with E-state index in [1.165, 1.54) is 11.8 Å². The molecule has 25 heavy (non-hydrogen) atoms. The molecule has 0 atom stereocenters. The van der Waals surface area contributed by atoms with E-state index in [2.05, 4.69) is 10.6 Å². The minimum atomic E-state index is -0.196. The smallest absolute Gasteiger partial charge is 0.317 e. The maximum atomic E-state index is 11.8. The molecule has 132 valence electrons. The molecule has 3 amide bonds. The first-order chi connectivity index (χ1) is 11.9. The minimum Gasteiger partial charge on any atom is -0.491 e. The van der Waals surface area contributed by atoms with Crippen molar-refractivity contribution in [2.24, 2.45) is 0 Å². The maximum Gasteiger partial charge on any atom is 0.317 e. The van der Waals surface area contributed by atoms with Gasteiger partial charge in [0.1, 0.15) is 24.5 Å². The average Bonchev–Trinajstić information content (AvgIpc) is 2.87. The third-order valence-electron chi connectivity index (χ3n) is 3.45. The van der Waals surface area contributed by atoms with Crippen LogP contribution in [0.4, 0.5) is 4.79 Å². The Morgan fingerprint density at radius 3 is 2.92 bits per heavy atom. The summed E-state index contributed by atoms with van der Waals surface area (Å²) < 4.78 is 6.28. The number of carbonyl (C=O) groups excluding carboxylic acids is 2. The molecule has 0 bridgehead atoms. The average molecular weight is 377 g/mol. The number of thiocarbonyl (C=S) groups is 1. The summed E-state index contributed by atoms with van der Waals surface area (Å²) >= 11 is 6.24. The number of carbonyl (C=O) groups is 2. The number of hydrogen-bond acceptors (Lipinski definition) is 5. The molecule has 0 aliphatic carbocycles. The van der Waals surface area contributed by atoms with Crippen LogP contribution >= 0.6 is 24.0 Å². The lowest BCUT2D eigenvalue weighted by Gasteiger charge is -2.18. The van der Waals surface area contributed by atoms with E-state index in [1.807, 2.05) is 33.0 Å². The number of ether oxygens (including phenoxy) is 1. The maximum absolute atomic E-state index is 11.8. The molecular weight excluding hydrogens is 357 g/mol. The summed E-state index contributed by atoms with van der Waals surface area (Å²) in [4.78, 5) is 25.6. The molecule has 1 saturated heterocycles. The third-order valence-corrected chi connectivity index (χ3v) is 4.62. The fourth-order valence-electron chi connectivity index (χ4n) is 2.15. The summed E-state index contributed by atoms with van der Waals surface area (Å²) in [6.07, 6.45) is 1.77. The molecule has 1 aliphatic heterocycles. The first-order valence-corrected chi connectivity index (χ1v) is 9.10. The van der Waals surface area contributed by atoms with Gasteiger partial charge in [-0.05, 0) is 19.1 Å². The molecule has 1 aromatic rings. The largest absolute Gasteiger partial charge is 0.491 e. The van der Waals surface area contributed by atoms with Gasteiger partial charge in [0.25, 0.3) is 5.91 Å². The van der Waals surface area contributed by atoms with Crippen molar-refractivity contribution in [2.45, 2.75) is 6.92 Å². The second-order valence-electron chi connectivity index (χ2n) is 5.50. The first kappa shape index (κ1) is 19.3. The Balaban J connectivity index is 2.06. The number of hydrogen-bond donors (Lipinski definition) is 2. The summed E-state index contributed by atoms with van der Waals surface area (Å²) in [5.74, 6) is 0.465. The Labute approximate surface area is 157 Å². The van der Waals surface area contributed by atoms with Gasteiger partial charge < -0.3 is 20.3 Å². The number of rotatable bonds is 6. The zero-order valence-corrected chi connectivity index (χ0v) is 16.1. The molecule has 1 aromatic carbocycles. The van der Waals surface area contributed by atoms with Crippen molar-refractivity contribution < 1.29 is 14.3 Å². The second-order valence-corrected chi connectivity index (χ2v) is 7.22. The fraction of sp³-hybridized carbons (Fsp3) is 0.312. The van der Waals surface area contributed by atoms with Gasteiger partial charge >= 0.3 is 6.03 Å². The Morgan fingerprint density at radius 1 is 1.52 bits per heavy atom. The highest BCUT2D eigenvalue weighted by molar-refractivity contribution is 8.26. The third kappa shape index (κ3) is 5.50. The molecule has 1 heterocycles. The minimum absolute atomic E-state index is 0.134. The predicted molar refractivity (Wildman–Crippen MR) is 108 cm³/mol. The molecule has 2 N–H and O–H groups in total. The van der Waals surface area contributed by atoms with Crippen molar-refractivity contribution >= 4 is 59.6 Å². The van der Waals surface area contributed by atoms with Crippen molar-refractivity contribution in [1.29, 1.82) is 0 Å². The van der Waals surface area contributed by atoms with Gasteiger partial charge in [0.2, 0.25) is 0 Å². The molecule has 2 rings (SSSR count). The van der Waals surface area contributed by atoms with E-state index in [1.54, 1.807) is 18.0 Å². The summed E-state index contributed by atoms with van der Waals surface area (Å²) in [5, 5.41) is 5.33. The molecule has 0 saturated carbocycles. The van der Waals surface area contributed by atoms with Gasteiger partial charge in [0.05, 0.1) is 11.4 Å². The van der Waals surface area contributed by atoms with Crippen LogP contribution in [0.3, 0.4) is 0 Å². The molecule has 0 spiro atoms. The van der Waals surface area contributed by atoms with Gasteiger partial charge in [-0.2, -0.15) is 0 Å². The summed E-state index contributed by atoms with van der Waals surface area (Å²) in [6, 6.07) is 5.62. The van der Waals surface area contributed by atoms with Gasteiger partial charge in [-0.15, -0.1) is 0 Å². The quantitative estimate of drug-likeness (QED) is 0.429. The topological polar surface area (TPSA) is 70.7 Å². The SMILES string of the molecule is Bc1ccc(OCCN(C)C(=O)NCC)c(/C=C2\SC(=S)NC2=O)c1. The lowest BCUT2D eigenvalue weighted by molar-refractivity contribution is -0.115. The van der Waals surface area contributed by atoms with Gasteiger partial charge in [0, 0.05) is 19.2 Å². The highest BCUT2D eigenvalue weighted by Crippen LogP contribution is 2.28. The van der Waals surface area contributed by atoms with Crippen LogP contribution in [-0.2, 0) is 4.79 Å². The summed E-state index contributed by atoms with van der Waals surface area (Å²) in [7, 11) is 3.69. The Kier molecular flexibility index (Phi) is 6.89. The zero-order chi connectivity index (χ0) is 18.4. The number of nitrogens with zero attached hydrogens (tertiary/aromatic N) is 1. The molecular formula is C16H20BN3O3S2. The molecule has 1 aliphatic rings. The lowest BCUT2D eigenvalue weighted by atomic mass is 9.94. The van der Waals surface area contributed by atoms with Crippen LogP contribution < -0.4 is 20.8 Å².